The van der Waals surface area contributed by atoms with Gasteiger partial charge in [0.2, 0.25) is 0 Å². The average molecular weight is 268 g/mol. The monoisotopic (exact) mass is 268 g/mol. The fourth-order valence-corrected chi connectivity index (χ4v) is 4.00. The first kappa shape index (κ1) is 14.8. The van der Waals surface area contributed by atoms with Gasteiger partial charge in [-0.2, -0.15) is 0 Å². The third kappa shape index (κ3) is 3.95. The van der Waals surface area contributed by atoms with Gasteiger partial charge in [-0.25, -0.2) is 0 Å². The molecule has 3 heteroatoms. The lowest BCUT2D eigenvalue weighted by molar-refractivity contribution is -0.143. The highest BCUT2D eigenvalue weighted by molar-refractivity contribution is 5.69. The van der Waals surface area contributed by atoms with Gasteiger partial charge in [-0.3, -0.25) is 4.79 Å². The molecule has 110 valence electrons. The van der Waals surface area contributed by atoms with Crippen molar-refractivity contribution in [2.75, 3.05) is 0 Å². The van der Waals surface area contributed by atoms with Crippen LogP contribution < -0.4 is 0 Å². The molecule has 0 aromatic heterocycles. The first-order valence-electron chi connectivity index (χ1n) is 7.96. The highest BCUT2D eigenvalue weighted by atomic mass is 16.5. The van der Waals surface area contributed by atoms with Crippen LogP contribution in [0.25, 0.3) is 0 Å². The van der Waals surface area contributed by atoms with Gasteiger partial charge in [0.25, 0.3) is 0 Å². The second-order valence-corrected chi connectivity index (χ2v) is 6.60. The molecule has 0 aromatic carbocycles. The zero-order valence-corrected chi connectivity index (χ0v) is 12.3. The molecule has 4 atom stereocenters. The van der Waals surface area contributed by atoms with Crippen molar-refractivity contribution in [3.8, 4) is 0 Å². The molecule has 2 aliphatic rings. The quantitative estimate of drug-likeness (QED) is 0.795. The van der Waals surface area contributed by atoms with Crippen LogP contribution in [0.15, 0.2) is 0 Å². The van der Waals surface area contributed by atoms with Gasteiger partial charge in [0.1, 0.15) is 0 Å². The van der Waals surface area contributed by atoms with Gasteiger partial charge in [-0.1, -0.05) is 39.0 Å². The number of aliphatic carboxylic acids is 1. The third-order valence-corrected chi connectivity index (χ3v) is 5.02. The van der Waals surface area contributed by atoms with Gasteiger partial charge >= 0.3 is 5.97 Å². The van der Waals surface area contributed by atoms with Crippen LogP contribution in [0.2, 0.25) is 0 Å². The third-order valence-electron chi connectivity index (χ3n) is 5.02. The second kappa shape index (κ2) is 6.74. The van der Waals surface area contributed by atoms with Crippen molar-refractivity contribution in [1.29, 1.82) is 0 Å². The minimum Gasteiger partial charge on any atom is -0.481 e. The number of ether oxygens (including phenoxy) is 1. The molecule has 2 rings (SSSR count). The van der Waals surface area contributed by atoms with E-state index in [4.69, 9.17) is 9.84 Å². The van der Waals surface area contributed by atoms with Gasteiger partial charge in [-0.15, -0.1) is 0 Å². The minimum atomic E-state index is -0.714. The molecular weight excluding hydrogens is 240 g/mol. The lowest BCUT2D eigenvalue weighted by atomic mass is 9.88. The van der Waals surface area contributed by atoms with Crippen LogP contribution in [0.5, 0.6) is 0 Å². The summed E-state index contributed by atoms with van der Waals surface area (Å²) in [5.41, 5.74) is 0. The van der Waals surface area contributed by atoms with Gasteiger partial charge in [0, 0.05) is 0 Å². The molecule has 3 nitrogen and oxygen atoms in total. The first-order valence-corrected chi connectivity index (χ1v) is 7.96. The number of carbonyl (C=O) groups is 1. The van der Waals surface area contributed by atoms with E-state index in [0.29, 0.717) is 12.5 Å². The van der Waals surface area contributed by atoms with E-state index in [1.54, 1.807) is 6.92 Å². The van der Waals surface area contributed by atoms with E-state index >= 15 is 0 Å². The maximum absolute atomic E-state index is 10.9. The number of hydrogen-bond acceptors (Lipinski definition) is 2. The summed E-state index contributed by atoms with van der Waals surface area (Å²) in [6.45, 7) is 3.80. The molecule has 0 saturated heterocycles. The summed E-state index contributed by atoms with van der Waals surface area (Å²) in [5, 5.41) is 8.96. The molecule has 0 bridgehead atoms. The van der Waals surface area contributed by atoms with E-state index in [2.05, 4.69) is 0 Å². The van der Waals surface area contributed by atoms with Crippen molar-refractivity contribution in [2.24, 2.45) is 17.8 Å². The predicted octanol–water partition coefficient (Wildman–Crippen LogP) is 3.86. The zero-order chi connectivity index (χ0) is 13.8. The molecule has 0 amide bonds. The van der Waals surface area contributed by atoms with Crippen molar-refractivity contribution in [1.82, 2.24) is 0 Å². The van der Waals surface area contributed by atoms with Gasteiger partial charge in [-0.05, 0) is 38.0 Å². The molecule has 0 heterocycles. The largest absolute Gasteiger partial charge is 0.481 e. The minimum absolute atomic E-state index is 0.0677. The lowest BCUT2D eigenvalue weighted by Crippen LogP contribution is -2.29. The number of carboxylic acids is 1. The Morgan fingerprint density at radius 2 is 1.84 bits per heavy atom. The van der Waals surface area contributed by atoms with E-state index in [-0.39, 0.29) is 12.0 Å². The topological polar surface area (TPSA) is 46.5 Å². The Hall–Kier alpha value is -0.570. The van der Waals surface area contributed by atoms with Crippen molar-refractivity contribution >= 4 is 5.97 Å². The van der Waals surface area contributed by atoms with E-state index in [9.17, 15) is 4.79 Å². The smallest absolute Gasteiger partial charge is 0.306 e. The van der Waals surface area contributed by atoms with Gasteiger partial charge < -0.3 is 9.84 Å². The normalized spacial score (nSPS) is 31.5. The first-order chi connectivity index (χ1) is 9.08. The molecule has 2 saturated carbocycles. The van der Waals surface area contributed by atoms with E-state index in [1.807, 2.05) is 6.92 Å². The zero-order valence-electron chi connectivity index (χ0n) is 12.3. The fourth-order valence-electron chi connectivity index (χ4n) is 4.00. The fraction of sp³-hybridized carbons (Fsp3) is 0.938. The van der Waals surface area contributed by atoms with Gasteiger partial charge in [0.05, 0.1) is 18.1 Å². The predicted molar refractivity (Wildman–Crippen MR) is 75.1 cm³/mol. The highest BCUT2D eigenvalue weighted by Gasteiger charge is 2.36. The van der Waals surface area contributed by atoms with Gasteiger partial charge in [0.15, 0.2) is 0 Å². The molecule has 2 aliphatic carbocycles. The number of rotatable bonds is 6. The summed E-state index contributed by atoms with van der Waals surface area (Å²) in [6, 6.07) is 0. The molecule has 2 fully saturated rings. The van der Waals surface area contributed by atoms with Crippen LogP contribution in [0.1, 0.15) is 65.2 Å². The summed E-state index contributed by atoms with van der Waals surface area (Å²) in [5.74, 6) is 0.595. The molecule has 0 aromatic rings. The Morgan fingerprint density at radius 1 is 1.16 bits per heavy atom. The van der Waals surface area contributed by atoms with Crippen LogP contribution in [0, 0.1) is 17.8 Å². The second-order valence-electron chi connectivity index (χ2n) is 6.60. The van der Waals surface area contributed by atoms with E-state index in [0.717, 1.165) is 11.8 Å². The summed E-state index contributed by atoms with van der Waals surface area (Å²) in [7, 11) is 0. The van der Waals surface area contributed by atoms with E-state index in [1.165, 1.54) is 44.9 Å². The molecule has 0 aliphatic heterocycles. The summed E-state index contributed by atoms with van der Waals surface area (Å²) in [4.78, 5) is 10.9. The summed E-state index contributed by atoms with van der Waals surface area (Å²) >= 11 is 0. The molecular formula is C16H28O3. The highest BCUT2D eigenvalue weighted by Crippen LogP contribution is 2.42. The average Bonchev–Trinajstić information content (AvgIpc) is 2.97. The Kier molecular flexibility index (Phi) is 5.26. The van der Waals surface area contributed by atoms with Crippen LogP contribution in [-0.4, -0.2) is 23.3 Å². The maximum Gasteiger partial charge on any atom is 0.306 e. The lowest BCUT2D eigenvalue weighted by Gasteiger charge is -2.28. The molecule has 0 radical (unpaired) electrons. The van der Waals surface area contributed by atoms with Crippen molar-refractivity contribution in [3.63, 3.8) is 0 Å². The summed E-state index contributed by atoms with van der Waals surface area (Å²) < 4.78 is 6.19. The Bertz CT molecular complexity index is 296. The Labute approximate surface area is 116 Å². The maximum atomic E-state index is 10.9. The van der Waals surface area contributed by atoms with E-state index < -0.39 is 5.97 Å². The van der Waals surface area contributed by atoms with Crippen molar-refractivity contribution in [2.45, 2.75) is 77.4 Å². The van der Waals surface area contributed by atoms with Crippen LogP contribution >= 0.6 is 0 Å². The Balaban J connectivity index is 1.81. The number of hydrogen-bond donors (Lipinski definition) is 1. The van der Waals surface area contributed by atoms with Crippen LogP contribution in [-0.2, 0) is 9.53 Å². The summed E-state index contributed by atoms with van der Waals surface area (Å²) in [6.07, 6.45) is 10.4. The molecule has 0 spiro atoms. The molecule has 1 N–H and O–H groups in total. The van der Waals surface area contributed by atoms with Crippen molar-refractivity contribution in [3.05, 3.63) is 0 Å². The van der Waals surface area contributed by atoms with Crippen molar-refractivity contribution < 1.29 is 14.6 Å². The number of carboxylic acid groups (broad SMARTS) is 1. The SMILES string of the molecule is CC(CC(C)C(=O)O)OC1CCCC1C1CCCC1. The molecule has 19 heavy (non-hydrogen) atoms. The standard InChI is InChI=1S/C16H28O3/c1-11(16(17)18)10-12(2)19-15-9-5-8-14(15)13-6-3-4-7-13/h11-15H,3-10H2,1-2H3,(H,17,18). The van der Waals surface area contributed by atoms with Crippen LogP contribution in [0.4, 0.5) is 0 Å². The molecule has 4 unspecified atom stereocenters. The Morgan fingerprint density at radius 3 is 2.47 bits per heavy atom. The van der Waals surface area contributed by atoms with Crippen LogP contribution in [0.3, 0.4) is 0 Å².